The van der Waals surface area contributed by atoms with E-state index in [1.807, 2.05) is 12.1 Å². The summed E-state index contributed by atoms with van der Waals surface area (Å²) in [7, 11) is 0. The summed E-state index contributed by atoms with van der Waals surface area (Å²) in [6.45, 7) is 7.88. The fourth-order valence-electron chi connectivity index (χ4n) is 1.90. The van der Waals surface area contributed by atoms with E-state index in [1.54, 1.807) is 13.0 Å². The van der Waals surface area contributed by atoms with E-state index < -0.39 is 0 Å². The van der Waals surface area contributed by atoms with Crippen LogP contribution in [0.1, 0.15) is 32.3 Å². The van der Waals surface area contributed by atoms with E-state index in [0.717, 1.165) is 31.6 Å². The number of rotatable bonds is 6. The first-order chi connectivity index (χ1) is 8.10. The number of nitro benzene ring substituents is 1. The van der Waals surface area contributed by atoms with E-state index in [1.165, 1.54) is 0 Å². The molecule has 0 heterocycles. The van der Waals surface area contributed by atoms with E-state index in [4.69, 9.17) is 0 Å². The topological polar surface area (TPSA) is 46.4 Å². The molecule has 1 aromatic rings. The molecule has 94 valence electrons. The van der Waals surface area contributed by atoms with Gasteiger partial charge in [-0.15, -0.1) is 0 Å². The van der Waals surface area contributed by atoms with Crippen LogP contribution in [0.25, 0.3) is 0 Å². The molecule has 0 aliphatic carbocycles. The summed E-state index contributed by atoms with van der Waals surface area (Å²) >= 11 is 0. The molecular formula is C13H20N2O2. The summed E-state index contributed by atoms with van der Waals surface area (Å²) in [5.41, 5.74) is 1.87. The number of aryl methyl sites for hydroxylation is 1. The molecule has 0 spiro atoms. The minimum Gasteiger partial charge on any atom is -0.371 e. The molecule has 17 heavy (non-hydrogen) atoms. The van der Waals surface area contributed by atoms with Crippen molar-refractivity contribution < 1.29 is 4.92 Å². The van der Waals surface area contributed by atoms with Crippen LogP contribution in [-0.2, 0) is 0 Å². The third-order valence-electron chi connectivity index (χ3n) is 2.74. The molecule has 1 rings (SSSR count). The van der Waals surface area contributed by atoms with Crippen LogP contribution in [0.3, 0.4) is 0 Å². The molecule has 1 aromatic carbocycles. The minimum atomic E-state index is -0.311. The predicted molar refractivity (Wildman–Crippen MR) is 70.6 cm³/mol. The van der Waals surface area contributed by atoms with Crippen LogP contribution in [0, 0.1) is 17.0 Å². The number of anilines is 1. The van der Waals surface area contributed by atoms with Gasteiger partial charge in [-0.05, 0) is 25.8 Å². The molecule has 0 radical (unpaired) electrons. The molecule has 0 saturated heterocycles. The number of hydrogen-bond donors (Lipinski definition) is 0. The summed E-state index contributed by atoms with van der Waals surface area (Å²) in [5.74, 6) is 0. The van der Waals surface area contributed by atoms with E-state index in [0.29, 0.717) is 5.56 Å². The van der Waals surface area contributed by atoms with Crippen molar-refractivity contribution in [3.8, 4) is 0 Å². The summed E-state index contributed by atoms with van der Waals surface area (Å²) in [6.07, 6.45) is 2.09. The zero-order chi connectivity index (χ0) is 12.8. The molecule has 0 saturated carbocycles. The highest BCUT2D eigenvalue weighted by Crippen LogP contribution is 2.25. The van der Waals surface area contributed by atoms with E-state index in [-0.39, 0.29) is 10.6 Å². The third-order valence-corrected chi connectivity index (χ3v) is 2.74. The normalized spacial score (nSPS) is 10.3. The maximum Gasteiger partial charge on any atom is 0.274 e. The molecule has 4 heteroatoms. The molecule has 0 amide bonds. The van der Waals surface area contributed by atoms with Gasteiger partial charge in [0.05, 0.1) is 4.92 Å². The Hall–Kier alpha value is -1.58. The largest absolute Gasteiger partial charge is 0.371 e. The van der Waals surface area contributed by atoms with Crippen molar-refractivity contribution in [2.45, 2.75) is 33.6 Å². The summed E-state index contributed by atoms with van der Waals surface area (Å²) in [6, 6.07) is 5.47. The molecule has 0 aliphatic heterocycles. The van der Waals surface area contributed by atoms with E-state index >= 15 is 0 Å². The molecule has 0 fully saturated rings. The number of benzene rings is 1. The second-order valence-electron chi connectivity index (χ2n) is 4.21. The molecule has 0 atom stereocenters. The van der Waals surface area contributed by atoms with Crippen LogP contribution in [0.5, 0.6) is 0 Å². The van der Waals surface area contributed by atoms with Gasteiger partial charge in [-0.3, -0.25) is 10.1 Å². The monoisotopic (exact) mass is 236 g/mol. The first kappa shape index (κ1) is 13.5. The third kappa shape index (κ3) is 3.44. The van der Waals surface area contributed by atoms with Crippen molar-refractivity contribution in [1.82, 2.24) is 0 Å². The maximum absolute atomic E-state index is 10.9. The fourth-order valence-corrected chi connectivity index (χ4v) is 1.90. The second kappa shape index (κ2) is 6.23. The van der Waals surface area contributed by atoms with Gasteiger partial charge in [0.2, 0.25) is 0 Å². The van der Waals surface area contributed by atoms with Crippen LogP contribution in [0.4, 0.5) is 11.4 Å². The Morgan fingerprint density at radius 3 is 2.29 bits per heavy atom. The van der Waals surface area contributed by atoms with E-state index in [9.17, 15) is 10.1 Å². The quantitative estimate of drug-likeness (QED) is 0.560. The Bertz CT molecular complexity index is 385. The lowest BCUT2D eigenvalue weighted by atomic mass is 10.1. The standard InChI is InChI=1S/C13H20N2O2/c1-4-8-14(9-5-2)12-7-6-11(3)13(10-12)15(16)17/h6-7,10H,4-5,8-9H2,1-3H3. The Labute approximate surface area is 102 Å². The fraction of sp³-hybridized carbons (Fsp3) is 0.538. The van der Waals surface area contributed by atoms with Gasteiger partial charge >= 0.3 is 0 Å². The number of hydrogen-bond acceptors (Lipinski definition) is 3. The Morgan fingerprint density at radius 2 is 1.82 bits per heavy atom. The lowest BCUT2D eigenvalue weighted by Crippen LogP contribution is -2.24. The Balaban J connectivity index is 3.03. The van der Waals surface area contributed by atoms with Gasteiger partial charge in [0, 0.05) is 30.4 Å². The Morgan fingerprint density at radius 1 is 1.24 bits per heavy atom. The zero-order valence-corrected chi connectivity index (χ0v) is 10.8. The number of nitrogens with zero attached hydrogens (tertiary/aromatic N) is 2. The van der Waals surface area contributed by atoms with Crippen molar-refractivity contribution in [2.24, 2.45) is 0 Å². The maximum atomic E-state index is 10.9. The average molecular weight is 236 g/mol. The second-order valence-corrected chi connectivity index (χ2v) is 4.21. The van der Waals surface area contributed by atoms with Gasteiger partial charge in [0.15, 0.2) is 0 Å². The highest BCUT2D eigenvalue weighted by molar-refractivity contribution is 5.56. The first-order valence-electron chi connectivity index (χ1n) is 6.10. The van der Waals surface area contributed by atoms with Crippen molar-refractivity contribution in [3.63, 3.8) is 0 Å². The van der Waals surface area contributed by atoms with E-state index in [2.05, 4.69) is 18.7 Å². The van der Waals surface area contributed by atoms with Crippen molar-refractivity contribution in [1.29, 1.82) is 0 Å². The lowest BCUT2D eigenvalue weighted by molar-refractivity contribution is -0.385. The molecule has 0 N–H and O–H groups in total. The zero-order valence-electron chi connectivity index (χ0n) is 10.8. The smallest absolute Gasteiger partial charge is 0.274 e. The molecule has 0 unspecified atom stereocenters. The van der Waals surface area contributed by atoms with Gasteiger partial charge < -0.3 is 4.90 Å². The van der Waals surface area contributed by atoms with Gasteiger partial charge in [0.1, 0.15) is 0 Å². The molecule has 0 aliphatic rings. The van der Waals surface area contributed by atoms with Crippen LogP contribution >= 0.6 is 0 Å². The van der Waals surface area contributed by atoms with Gasteiger partial charge in [-0.25, -0.2) is 0 Å². The molecular weight excluding hydrogens is 216 g/mol. The van der Waals surface area contributed by atoms with Crippen molar-refractivity contribution >= 4 is 11.4 Å². The summed E-state index contributed by atoms with van der Waals surface area (Å²) < 4.78 is 0. The van der Waals surface area contributed by atoms with Crippen molar-refractivity contribution in [2.75, 3.05) is 18.0 Å². The van der Waals surface area contributed by atoms with Crippen LogP contribution < -0.4 is 4.90 Å². The van der Waals surface area contributed by atoms with Crippen LogP contribution in [0.15, 0.2) is 18.2 Å². The molecule has 4 nitrogen and oxygen atoms in total. The molecule has 0 aromatic heterocycles. The first-order valence-corrected chi connectivity index (χ1v) is 6.10. The minimum absolute atomic E-state index is 0.208. The van der Waals surface area contributed by atoms with Gasteiger partial charge in [-0.2, -0.15) is 0 Å². The highest BCUT2D eigenvalue weighted by Gasteiger charge is 2.13. The summed E-state index contributed by atoms with van der Waals surface area (Å²) in [4.78, 5) is 12.8. The Kier molecular flexibility index (Phi) is 4.94. The highest BCUT2D eigenvalue weighted by atomic mass is 16.6. The predicted octanol–water partition coefficient (Wildman–Crippen LogP) is 3.53. The number of nitro groups is 1. The van der Waals surface area contributed by atoms with Crippen molar-refractivity contribution in [3.05, 3.63) is 33.9 Å². The van der Waals surface area contributed by atoms with Crippen LogP contribution in [-0.4, -0.2) is 18.0 Å². The van der Waals surface area contributed by atoms with Gasteiger partial charge in [-0.1, -0.05) is 19.9 Å². The SMILES string of the molecule is CCCN(CCC)c1ccc(C)c([N+](=O)[O-])c1. The molecule has 0 bridgehead atoms. The lowest BCUT2D eigenvalue weighted by Gasteiger charge is -2.23. The van der Waals surface area contributed by atoms with Crippen LogP contribution in [0.2, 0.25) is 0 Å². The average Bonchev–Trinajstić information content (AvgIpc) is 2.29. The summed E-state index contributed by atoms with van der Waals surface area (Å²) in [5, 5.41) is 10.9. The van der Waals surface area contributed by atoms with Gasteiger partial charge in [0.25, 0.3) is 5.69 Å².